The molecule has 0 heterocycles. The van der Waals surface area contributed by atoms with Gasteiger partial charge < -0.3 is 0 Å². The molecule has 0 aliphatic heterocycles. The van der Waals surface area contributed by atoms with Crippen LogP contribution in [0.4, 0.5) is 0 Å². The fraction of sp³-hybridized carbons (Fsp3) is 0. The molecule has 82 valence electrons. The summed E-state index contributed by atoms with van der Waals surface area (Å²) in [7, 11) is 0. The van der Waals surface area contributed by atoms with E-state index in [1.54, 1.807) is 0 Å². The first-order valence-electron chi connectivity index (χ1n) is 5.59. The van der Waals surface area contributed by atoms with Crippen LogP contribution in [0.5, 0.6) is 0 Å². The van der Waals surface area contributed by atoms with E-state index in [0.717, 1.165) is 22.3 Å². The number of rotatable bonds is 0. The van der Waals surface area contributed by atoms with Crippen molar-refractivity contribution >= 4 is 0 Å². The molecule has 0 fully saturated rings. The summed E-state index contributed by atoms with van der Waals surface area (Å²) in [5, 5.41) is 18.5. The molecule has 0 unspecified atom stereocenters. The van der Waals surface area contributed by atoms with Gasteiger partial charge in [0.25, 0.3) is 0 Å². The van der Waals surface area contributed by atoms with E-state index in [-0.39, 0.29) is 0 Å². The first kappa shape index (κ1) is 10.3. The van der Waals surface area contributed by atoms with Crippen molar-refractivity contribution in [3.63, 3.8) is 0 Å². The Hall–Kier alpha value is -2.84. The number of hydrogen-bond donors (Lipinski definition) is 0. The molecule has 3 aliphatic rings. The van der Waals surface area contributed by atoms with Crippen LogP contribution in [0, 0.1) is 22.7 Å². The van der Waals surface area contributed by atoms with E-state index in [0.29, 0.717) is 11.1 Å². The Labute approximate surface area is 105 Å². The lowest BCUT2D eigenvalue weighted by Gasteiger charge is -2.04. The average molecular weight is 228 g/mol. The molecule has 3 aliphatic carbocycles. The highest BCUT2D eigenvalue weighted by molar-refractivity contribution is 5.81. The van der Waals surface area contributed by atoms with Crippen LogP contribution in [0.25, 0.3) is 22.3 Å². The third-order valence-corrected chi connectivity index (χ3v) is 3.12. The maximum absolute atomic E-state index is 9.27. The van der Waals surface area contributed by atoms with E-state index in [9.17, 15) is 10.5 Å². The quantitative estimate of drug-likeness (QED) is 0.589. The molecule has 0 amide bonds. The summed E-state index contributed by atoms with van der Waals surface area (Å²) in [6.45, 7) is 0. The molecule has 2 nitrogen and oxygen atoms in total. The molecule has 0 spiro atoms. The molecule has 0 saturated carbocycles. The molecule has 0 N–H and O–H groups in total. The maximum Gasteiger partial charge on any atom is 0.0998 e. The van der Waals surface area contributed by atoms with E-state index < -0.39 is 0 Å². The predicted molar refractivity (Wildman–Crippen MR) is 69.1 cm³/mol. The van der Waals surface area contributed by atoms with Crippen molar-refractivity contribution < 1.29 is 0 Å². The van der Waals surface area contributed by atoms with Gasteiger partial charge in [-0.05, 0) is 23.3 Å². The minimum absolute atomic E-state index is 0.600. The average Bonchev–Trinajstić information content (AvgIpc) is 2.99. The highest BCUT2D eigenvalue weighted by Crippen LogP contribution is 2.33. The third-order valence-electron chi connectivity index (χ3n) is 3.12. The third kappa shape index (κ3) is 1.41. The Morgan fingerprint density at radius 1 is 0.667 bits per heavy atom. The highest BCUT2D eigenvalue weighted by Gasteiger charge is 2.13. The van der Waals surface area contributed by atoms with Gasteiger partial charge in [-0.1, -0.05) is 36.4 Å². The largest absolute Gasteiger partial charge is 0.192 e. The lowest BCUT2D eigenvalue weighted by atomic mass is 9.97. The molecule has 3 rings (SSSR count). The fourth-order valence-electron chi connectivity index (χ4n) is 2.25. The second-order valence-electron chi connectivity index (χ2n) is 4.13. The van der Waals surface area contributed by atoms with Crippen molar-refractivity contribution in [1.29, 1.82) is 10.5 Å². The minimum atomic E-state index is 0.600. The zero-order chi connectivity index (χ0) is 12.5. The SMILES string of the molecule is N#Cc1cc2cccc-2cc(C#N)c2cccc1-2. The standard InChI is InChI=1S/C16H8N2/c17-9-13-7-11-3-1-4-12(11)8-14(10-18)16-6-2-5-15(13)16/h1-8H. The van der Waals surface area contributed by atoms with Crippen LogP contribution < -0.4 is 0 Å². The molecule has 0 atom stereocenters. The van der Waals surface area contributed by atoms with Gasteiger partial charge in [-0.15, -0.1) is 0 Å². The molecular weight excluding hydrogens is 220 g/mol. The van der Waals surface area contributed by atoms with Gasteiger partial charge in [0.05, 0.1) is 23.3 Å². The Bertz CT molecular complexity index is 697. The highest BCUT2D eigenvalue weighted by atomic mass is 14.3. The van der Waals surface area contributed by atoms with Gasteiger partial charge in [-0.2, -0.15) is 10.5 Å². The number of nitrogens with zero attached hydrogens (tertiary/aromatic N) is 2. The van der Waals surface area contributed by atoms with E-state index in [4.69, 9.17) is 0 Å². The first-order chi connectivity index (χ1) is 8.83. The summed E-state index contributed by atoms with van der Waals surface area (Å²) in [4.78, 5) is 0. The van der Waals surface area contributed by atoms with Gasteiger partial charge in [0, 0.05) is 11.1 Å². The molecule has 2 heteroatoms. The minimum Gasteiger partial charge on any atom is -0.192 e. The van der Waals surface area contributed by atoms with Crippen molar-refractivity contribution in [2.75, 3.05) is 0 Å². The smallest absolute Gasteiger partial charge is 0.0998 e. The number of hydrogen-bond acceptors (Lipinski definition) is 2. The van der Waals surface area contributed by atoms with Crippen LogP contribution in [-0.4, -0.2) is 0 Å². The molecular formula is C16H8N2. The van der Waals surface area contributed by atoms with Crippen LogP contribution in [0.3, 0.4) is 0 Å². The first-order valence-corrected chi connectivity index (χ1v) is 5.59. The number of nitriles is 2. The lowest BCUT2D eigenvalue weighted by Crippen LogP contribution is -1.86. The van der Waals surface area contributed by atoms with Crippen molar-refractivity contribution in [3.05, 3.63) is 59.7 Å². The Kier molecular flexibility index (Phi) is 2.22. The van der Waals surface area contributed by atoms with Gasteiger partial charge in [-0.25, -0.2) is 0 Å². The zero-order valence-corrected chi connectivity index (χ0v) is 9.51. The van der Waals surface area contributed by atoms with Crippen molar-refractivity contribution in [1.82, 2.24) is 0 Å². The van der Waals surface area contributed by atoms with Crippen molar-refractivity contribution in [3.8, 4) is 34.4 Å². The van der Waals surface area contributed by atoms with Crippen LogP contribution in [0.15, 0.2) is 48.5 Å². The van der Waals surface area contributed by atoms with Crippen LogP contribution in [0.1, 0.15) is 11.1 Å². The monoisotopic (exact) mass is 228 g/mol. The summed E-state index contributed by atoms with van der Waals surface area (Å²) in [5.74, 6) is 0. The molecule has 0 aromatic heterocycles. The summed E-state index contributed by atoms with van der Waals surface area (Å²) >= 11 is 0. The molecule has 0 saturated heterocycles. The molecule has 0 bridgehead atoms. The van der Waals surface area contributed by atoms with Crippen molar-refractivity contribution in [2.24, 2.45) is 0 Å². The van der Waals surface area contributed by atoms with E-state index in [1.165, 1.54) is 0 Å². The Balaban J connectivity index is 2.49. The van der Waals surface area contributed by atoms with Crippen LogP contribution >= 0.6 is 0 Å². The fourth-order valence-corrected chi connectivity index (χ4v) is 2.25. The molecule has 0 aromatic rings. The van der Waals surface area contributed by atoms with E-state index >= 15 is 0 Å². The Morgan fingerprint density at radius 3 is 1.56 bits per heavy atom. The topological polar surface area (TPSA) is 47.6 Å². The molecule has 0 aromatic carbocycles. The summed E-state index contributed by atoms with van der Waals surface area (Å²) < 4.78 is 0. The zero-order valence-electron chi connectivity index (χ0n) is 9.51. The summed E-state index contributed by atoms with van der Waals surface area (Å²) in [6.07, 6.45) is 0. The lowest BCUT2D eigenvalue weighted by molar-refractivity contribution is 1.47. The van der Waals surface area contributed by atoms with Gasteiger partial charge in [0.1, 0.15) is 0 Å². The second-order valence-corrected chi connectivity index (χ2v) is 4.13. The van der Waals surface area contributed by atoms with Gasteiger partial charge in [0.15, 0.2) is 0 Å². The second kappa shape index (κ2) is 3.87. The molecule has 18 heavy (non-hydrogen) atoms. The Morgan fingerprint density at radius 2 is 1.11 bits per heavy atom. The molecule has 0 radical (unpaired) electrons. The van der Waals surface area contributed by atoms with Gasteiger partial charge in [-0.3, -0.25) is 0 Å². The van der Waals surface area contributed by atoms with Crippen LogP contribution in [0.2, 0.25) is 0 Å². The normalized spacial score (nSPS) is 10.1. The van der Waals surface area contributed by atoms with E-state index in [1.807, 2.05) is 48.5 Å². The summed E-state index contributed by atoms with van der Waals surface area (Å²) in [5.41, 5.74) is 4.82. The maximum atomic E-state index is 9.27. The number of fused-ring (bicyclic) bond motifs is 2. The van der Waals surface area contributed by atoms with Gasteiger partial charge >= 0.3 is 0 Å². The van der Waals surface area contributed by atoms with Crippen LogP contribution in [-0.2, 0) is 0 Å². The summed E-state index contributed by atoms with van der Waals surface area (Å²) in [6, 6.07) is 19.6. The van der Waals surface area contributed by atoms with E-state index in [2.05, 4.69) is 12.1 Å². The predicted octanol–water partition coefficient (Wildman–Crippen LogP) is 3.64. The van der Waals surface area contributed by atoms with Crippen molar-refractivity contribution in [2.45, 2.75) is 0 Å². The van der Waals surface area contributed by atoms with Gasteiger partial charge in [0.2, 0.25) is 0 Å².